The monoisotopic (exact) mass is 163 g/mol. The molecule has 0 atom stereocenters. The highest BCUT2D eigenvalue weighted by atomic mass is 16.5. The summed E-state index contributed by atoms with van der Waals surface area (Å²) < 4.78 is 5.45. The molecular weight excluding hydrogens is 148 g/mol. The summed E-state index contributed by atoms with van der Waals surface area (Å²) >= 11 is 0. The van der Waals surface area contributed by atoms with Crippen LogP contribution in [-0.4, -0.2) is 6.61 Å². The largest absolute Gasteiger partial charge is 0.377 e. The van der Waals surface area contributed by atoms with E-state index < -0.39 is 0 Å². The van der Waals surface area contributed by atoms with Gasteiger partial charge in [-0.05, 0) is 18.1 Å². The quantitative estimate of drug-likeness (QED) is 0.606. The predicted octanol–water partition coefficient (Wildman–Crippen LogP) is 2.80. The van der Waals surface area contributed by atoms with Crippen LogP contribution in [0.25, 0.3) is 0 Å². The maximum atomic E-state index is 5.45. The Morgan fingerprint density at radius 1 is 1.33 bits per heavy atom. The van der Waals surface area contributed by atoms with Gasteiger partial charge in [0.1, 0.15) is 0 Å². The Labute approximate surface area is 74.4 Å². The van der Waals surface area contributed by atoms with Gasteiger partial charge in [-0.25, -0.2) is 0 Å². The first-order valence-electron chi connectivity index (χ1n) is 4.46. The summed E-state index contributed by atoms with van der Waals surface area (Å²) in [4.78, 5) is 0. The summed E-state index contributed by atoms with van der Waals surface area (Å²) in [6, 6.07) is 10.9. The van der Waals surface area contributed by atoms with Crippen molar-refractivity contribution in [2.24, 2.45) is 0 Å². The molecule has 0 N–H and O–H groups in total. The van der Waals surface area contributed by atoms with Crippen LogP contribution in [0.3, 0.4) is 0 Å². The van der Waals surface area contributed by atoms with Crippen LogP contribution >= 0.6 is 0 Å². The second-order valence-corrected chi connectivity index (χ2v) is 2.81. The van der Waals surface area contributed by atoms with Crippen LogP contribution in [0.4, 0.5) is 0 Å². The molecule has 0 fully saturated rings. The van der Waals surface area contributed by atoms with Crippen molar-refractivity contribution in [2.75, 3.05) is 6.61 Å². The second kappa shape index (κ2) is 5.78. The Morgan fingerprint density at radius 2 is 2.08 bits per heavy atom. The third-order valence-corrected chi connectivity index (χ3v) is 1.70. The van der Waals surface area contributed by atoms with Crippen molar-refractivity contribution >= 4 is 0 Å². The Morgan fingerprint density at radius 3 is 2.75 bits per heavy atom. The molecule has 1 aromatic rings. The highest BCUT2D eigenvalue weighted by Gasteiger charge is 1.90. The zero-order chi connectivity index (χ0) is 8.65. The molecule has 0 amide bonds. The van der Waals surface area contributed by atoms with E-state index >= 15 is 0 Å². The Kier molecular flexibility index (Phi) is 4.47. The SMILES string of the molecule is CCCCOCc1cc[c]cc1. The average molecular weight is 163 g/mol. The van der Waals surface area contributed by atoms with E-state index in [2.05, 4.69) is 13.0 Å². The van der Waals surface area contributed by atoms with Gasteiger partial charge in [-0.3, -0.25) is 0 Å². The van der Waals surface area contributed by atoms with Gasteiger partial charge in [-0.1, -0.05) is 37.6 Å². The lowest BCUT2D eigenvalue weighted by Gasteiger charge is -2.02. The molecule has 0 saturated carbocycles. The van der Waals surface area contributed by atoms with Crippen molar-refractivity contribution in [3.05, 3.63) is 35.9 Å². The summed E-state index contributed by atoms with van der Waals surface area (Å²) in [6.07, 6.45) is 2.35. The van der Waals surface area contributed by atoms with Gasteiger partial charge in [0.15, 0.2) is 0 Å². The first kappa shape index (κ1) is 9.27. The van der Waals surface area contributed by atoms with Gasteiger partial charge in [0, 0.05) is 6.61 Å². The first-order chi connectivity index (χ1) is 5.93. The molecule has 0 heterocycles. The molecule has 0 saturated heterocycles. The lowest BCUT2D eigenvalue weighted by molar-refractivity contribution is 0.118. The smallest absolute Gasteiger partial charge is 0.0716 e. The van der Waals surface area contributed by atoms with Crippen molar-refractivity contribution in [1.82, 2.24) is 0 Å². The number of hydrogen-bond donors (Lipinski definition) is 0. The lowest BCUT2D eigenvalue weighted by Crippen LogP contribution is -1.94. The minimum atomic E-state index is 0.731. The average Bonchev–Trinajstić information content (AvgIpc) is 2.14. The molecule has 1 rings (SSSR count). The first-order valence-corrected chi connectivity index (χ1v) is 4.46. The molecule has 0 aliphatic rings. The van der Waals surface area contributed by atoms with E-state index in [1.807, 2.05) is 24.3 Å². The van der Waals surface area contributed by atoms with Gasteiger partial charge in [0.05, 0.1) is 6.61 Å². The maximum Gasteiger partial charge on any atom is 0.0716 e. The minimum absolute atomic E-state index is 0.731. The standard InChI is InChI=1S/C11H15O/c1-2-3-9-12-10-11-7-5-4-6-8-11/h5-8H,2-3,9-10H2,1H3. The third-order valence-electron chi connectivity index (χ3n) is 1.70. The minimum Gasteiger partial charge on any atom is -0.377 e. The highest BCUT2D eigenvalue weighted by Crippen LogP contribution is 2.00. The van der Waals surface area contributed by atoms with Crippen LogP contribution in [0.2, 0.25) is 0 Å². The molecule has 0 aliphatic carbocycles. The van der Waals surface area contributed by atoms with E-state index in [1.165, 1.54) is 12.0 Å². The molecule has 1 aromatic carbocycles. The molecule has 1 nitrogen and oxygen atoms in total. The van der Waals surface area contributed by atoms with Crippen LogP contribution in [-0.2, 0) is 11.3 Å². The van der Waals surface area contributed by atoms with Crippen LogP contribution in [0, 0.1) is 6.07 Å². The molecule has 0 unspecified atom stereocenters. The zero-order valence-corrected chi connectivity index (χ0v) is 7.55. The predicted molar refractivity (Wildman–Crippen MR) is 49.8 cm³/mol. The summed E-state index contributed by atoms with van der Waals surface area (Å²) in [6.45, 7) is 3.77. The van der Waals surface area contributed by atoms with Crippen LogP contribution in [0.5, 0.6) is 0 Å². The number of hydrogen-bond acceptors (Lipinski definition) is 1. The fourth-order valence-electron chi connectivity index (χ4n) is 0.954. The van der Waals surface area contributed by atoms with Crippen molar-refractivity contribution in [2.45, 2.75) is 26.4 Å². The van der Waals surface area contributed by atoms with E-state index in [-0.39, 0.29) is 0 Å². The van der Waals surface area contributed by atoms with E-state index in [0.717, 1.165) is 19.6 Å². The summed E-state index contributed by atoms with van der Waals surface area (Å²) in [5, 5.41) is 0. The number of ether oxygens (including phenoxy) is 1. The fraction of sp³-hybridized carbons (Fsp3) is 0.455. The summed E-state index contributed by atoms with van der Waals surface area (Å²) in [5.41, 5.74) is 1.23. The van der Waals surface area contributed by atoms with E-state index in [4.69, 9.17) is 4.74 Å². The maximum absolute atomic E-state index is 5.45. The molecule has 0 bridgehead atoms. The van der Waals surface area contributed by atoms with E-state index in [9.17, 15) is 0 Å². The summed E-state index contributed by atoms with van der Waals surface area (Å²) in [5.74, 6) is 0. The van der Waals surface area contributed by atoms with Gasteiger partial charge >= 0.3 is 0 Å². The number of rotatable bonds is 5. The summed E-state index contributed by atoms with van der Waals surface area (Å²) in [7, 11) is 0. The van der Waals surface area contributed by atoms with Crippen molar-refractivity contribution < 1.29 is 4.74 Å². The zero-order valence-electron chi connectivity index (χ0n) is 7.55. The Hall–Kier alpha value is -0.820. The van der Waals surface area contributed by atoms with Crippen molar-refractivity contribution in [3.8, 4) is 0 Å². The Balaban J connectivity index is 2.16. The van der Waals surface area contributed by atoms with Crippen LogP contribution < -0.4 is 0 Å². The molecule has 1 radical (unpaired) electrons. The molecule has 65 valence electrons. The highest BCUT2D eigenvalue weighted by molar-refractivity contribution is 5.12. The van der Waals surface area contributed by atoms with E-state index in [0.29, 0.717) is 0 Å². The molecular formula is C11H15O. The second-order valence-electron chi connectivity index (χ2n) is 2.81. The van der Waals surface area contributed by atoms with E-state index in [1.54, 1.807) is 0 Å². The van der Waals surface area contributed by atoms with Crippen LogP contribution in [0.1, 0.15) is 25.3 Å². The molecule has 12 heavy (non-hydrogen) atoms. The van der Waals surface area contributed by atoms with Crippen LogP contribution in [0.15, 0.2) is 24.3 Å². The van der Waals surface area contributed by atoms with Gasteiger partial charge in [-0.15, -0.1) is 0 Å². The molecule has 0 aromatic heterocycles. The Bertz CT molecular complexity index is 193. The van der Waals surface area contributed by atoms with Crippen molar-refractivity contribution in [3.63, 3.8) is 0 Å². The molecule has 0 spiro atoms. The number of unbranched alkanes of at least 4 members (excludes halogenated alkanes) is 1. The van der Waals surface area contributed by atoms with Gasteiger partial charge in [0.25, 0.3) is 0 Å². The van der Waals surface area contributed by atoms with Gasteiger partial charge < -0.3 is 4.74 Å². The normalized spacial score (nSPS) is 10.1. The van der Waals surface area contributed by atoms with Gasteiger partial charge in [-0.2, -0.15) is 0 Å². The van der Waals surface area contributed by atoms with Crippen molar-refractivity contribution in [1.29, 1.82) is 0 Å². The third kappa shape index (κ3) is 3.54. The number of benzene rings is 1. The fourth-order valence-corrected chi connectivity index (χ4v) is 0.954. The molecule has 1 heteroatoms. The lowest BCUT2D eigenvalue weighted by atomic mass is 10.2. The molecule has 0 aliphatic heterocycles. The van der Waals surface area contributed by atoms with Gasteiger partial charge in [0.2, 0.25) is 0 Å². The topological polar surface area (TPSA) is 9.23 Å².